The molecule has 0 unspecified atom stereocenters. The van der Waals surface area contributed by atoms with Crippen molar-refractivity contribution in [2.75, 3.05) is 24.6 Å². The highest BCUT2D eigenvalue weighted by atomic mass is 32.2. The van der Waals surface area contributed by atoms with Gasteiger partial charge in [0.05, 0.1) is 0 Å². The number of hydrogen-bond acceptors (Lipinski definition) is 6. The van der Waals surface area contributed by atoms with Gasteiger partial charge in [0, 0.05) is 23.9 Å². The molecule has 0 aliphatic heterocycles. The zero-order chi connectivity index (χ0) is 16.5. The number of hydrogen-bond donors (Lipinski definition) is 0. The summed E-state index contributed by atoms with van der Waals surface area (Å²) in [5.74, 6) is -3.11. The number of amides is 2. The predicted molar refractivity (Wildman–Crippen MR) is 76.6 cm³/mol. The van der Waals surface area contributed by atoms with E-state index in [0.717, 1.165) is 0 Å². The smallest absolute Gasteiger partial charge is 0.256 e. The van der Waals surface area contributed by atoms with E-state index in [2.05, 4.69) is 23.8 Å². The molecule has 118 valence electrons. The first-order valence-corrected chi connectivity index (χ1v) is 9.16. The van der Waals surface area contributed by atoms with Crippen LogP contribution in [0.3, 0.4) is 0 Å². The summed E-state index contributed by atoms with van der Waals surface area (Å²) in [5, 5.41) is 8.30. The van der Waals surface area contributed by atoms with E-state index >= 15 is 0 Å². The Kier molecular flexibility index (Phi) is 7.89. The van der Waals surface area contributed by atoms with Gasteiger partial charge in [-0.3, -0.25) is 20.2 Å². The van der Waals surface area contributed by atoms with Crippen LogP contribution in [0.5, 0.6) is 0 Å². The summed E-state index contributed by atoms with van der Waals surface area (Å²) in [6, 6.07) is 0. The minimum Gasteiger partial charge on any atom is -0.272 e. The van der Waals surface area contributed by atoms with E-state index in [1.807, 2.05) is 0 Å². The molecule has 0 fully saturated rings. The van der Waals surface area contributed by atoms with Crippen molar-refractivity contribution in [1.29, 1.82) is 0 Å². The lowest BCUT2D eigenvalue weighted by Crippen LogP contribution is -2.28. The molecule has 0 heterocycles. The third-order valence-corrected chi connectivity index (χ3v) is 4.36. The van der Waals surface area contributed by atoms with E-state index in [1.54, 1.807) is 0 Å². The Balaban J connectivity index is 3.88. The van der Waals surface area contributed by atoms with Gasteiger partial charge in [0.1, 0.15) is 11.5 Å². The Bertz CT molecular complexity index is 553. The molecular formula is C11H16N2O6S2. The molecule has 0 saturated carbocycles. The normalized spacial score (nSPS) is 11.4. The Morgan fingerprint density at radius 3 is 1.43 bits per heavy atom. The van der Waals surface area contributed by atoms with Gasteiger partial charge in [-0.25, -0.2) is 16.8 Å². The fourth-order valence-corrected chi connectivity index (χ4v) is 2.14. The van der Waals surface area contributed by atoms with Crippen LogP contribution in [0, 0.1) is 0 Å². The molecule has 0 N–H and O–H groups in total. The second-order valence-corrected chi connectivity index (χ2v) is 7.75. The highest BCUT2D eigenvalue weighted by molar-refractivity contribution is 7.95. The summed E-state index contributed by atoms with van der Waals surface area (Å²) in [5.41, 5.74) is 0. The molecule has 0 atom stereocenters. The van der Waals surface area contributed by atoms with E-state index in [0.29, 0.717) is 10.8 Å². The Morgan fingerprint density at radius 2 is 1.14 bits per heavy atom. The van der Waals surface area contributed by atoms with Crippen molar-refractivity contribution in [3.63, 3.8) is 0 Å². The number of carbonyl (C=O) groups is 2. The van der Waals surface area contributed by atoms with Crippen molar-refractivity contribution < 1.29 is 26.4 Å². The summed E-state index contributed by atoms with van der Waals surface area (Å²) in [6.07, 6.45) is 0.222. The molecule has 0 aromatic rings. The molecule has 0 spiro atoms. The molecular weight excluding hydrogens is 320 g/mol. The number of carbonyl (C=O) groups excluding carboxylic acids is 2. The Labute approximate surface area is 124 Å². The molecule has 8 nitrogen and oxygen atoms in total. The molecule has 0 rings (SSSR count). The second kappa shape index (κ2) is 8.57. The van der Waals surface area contributed by atoms with Crippen LogP contribution in [-0.2, 0) is 29.3 Å². The van der Waals surface area contributed by atoms with Crippen LogP contribution in [0.2, 0.25) is 0 Å². The van der Waals surface area contributed by atoms with Gasteiger partial charge in [-0.15, -0.1) is 0 Å². The predicted octanol–water partition coefficient (Wildman–Crippen LogP) is -1.24. The van der Waals surface area contributed by atoms with Gasteiger partial charge in [-0.1, -0.05) is 13.2 Å². The van der Waals surface area contributed by atoms with Gasteiger partial charge in [0.25, 0.3) is 11.8 Å². The first-order valence-electron chi connectivity index (χ1n) is 5.73. The third kappa shape index (κ3) is 9.79. The topological polar surface area (TPSA) is 131 Å². The van der Waals surface area contributed by atoms with Gasteiger partial charge in [-0.2, -0.15) is 0 Å². The zero-order valence-electron chi connectivity index (χ0n) is 11.3. The molecule has 0 aromatic heterocycles. The zero-order valence-corrected chi connectivity index (χ0v) is 12.9. The highest BCUT2D eigenvalue weighted by Gasteiger charge is 2.14. The van der Waals surface area contributed by atoms with Crippen molar-refractivity contribution in [2.45, 2.75) is 6.42 Å². The molecule has 0 aliphatic rings. The molecule has 0 saturated heterocycles. The average Bonchev–Trinajstić information content (AvgIpc) is 2.37. The largest absolute Gasteiger partial charge is 0.272 e. The molecule has 10 heteroatoms. The maximum atomic E-state index is 11.2. The van der Waals surface area contributed by atoms with Crippen LogP contribution in [0.1, 0.15) is 6.42 Å². The Hall–Kier alpha value is -1.68. The lowest BCUT2D eigenvalue weighted by molar-refractivity contribution is -0.119. The number of nitrogens with zero attached hydrogens (tertiary/aromatic N) is 2. The lowest BCUT2D eigenvalue weighted by atomic mass is 10.4. The SMILES string of the molecule is C=CS(=O)(=O)CC(=O)[N]CCC[N]C(=O)CS(=O)(=O)C=C. The van der Waals surface area contributed by atoms with Crippen molar-refractivity contribution >= 4 is 31.5 Å². The standard InChI is InChI=1S/C11H16N2O6S2/c1-3-20(16,17)8-10(14)12-6-5-7-13-11(15)9-21(18,19)4-2/h3-4H,1-2,5-9H2. The number of sulfone groups is 2. The quantitative estimate of drug-likeness (QED) is 0.458. The van der Waals surface area contributed by atoms with Gasteiger partial charge >= 0.3 is 0 Å². The van der Waals surface area contributed by atoms with Crippen LogP contribution in [0.4, 0.5) is 0 Å². The van der Waals surface area contributed by atoms with Crippen molar-refractivity contribution in [1.82, 2.24) is 10.6 Å². The maximum absolute atomic E-state index is 11.2. The minimum absolute atomic E-state index is 0.00349. The molecule has 0 aromatic carbocycles. The monoisotopic (exact) mass is 336 g/mol. The van der Waals surface area contributed by atoms with Gasteiger partial charge < -0.3 is 0 Å². The van der Waals surface area contributed by atoms with Crippen LogP contribution in [0.25, 0.3) is 0 Å². The van der Waals surface area contributed by atoms with E-state index in [9.17, 15) is 26.4 Å². The van der Waals surface area contributed by atoms with Crippen molar-refractivity contribution in [3.05, 3.63) is 24.0 Å². The second-order valence-electron chi connectivity index (χ2n) is 3.85. The van der Waals surface area contributed by atoms with E-state index in [1.165, 1.54) is 0 Å². The lowest BCUT2D eigenvalue weighted by Gasteiger charge is -2.02. The summed E-state index contributed by atoms with van der Waals surface area (Å²) in [7, 11) is -7.26. The maximum Gasteiger partial charge on any atom is 0.256 e. The van der Waals surface area contributed by atoms with Crippen LogP contribution < -0.4 is 10.6 Å². The van der Waals surface area contributed by atoms with Crippen LogP contribution >= 0.6 is 0 Å². The molecule has 0 aliphatic carbocycles. The first-order chi connectivity index (χ1) is 9.62. The van der Waals surface area contributed by atoms with Crippen molar-refractivity contribution in [2.24, 2.45) is 0 Å². The van der Waals surface area contributed by atoms with E-state index in [-0.39, 0.29) is 19.5 Å². The van der Waals surface area contributed by atoms with Gasteiger partial charge in [0.2, 0.25) is 0 Å². The molecule has 0 bridgehead atoms. The summed E-state index contributed by atoms with van der Waals surface area (Å²) >= 11 is 0. The molecule has 2 amide bonds. The first kappa shape index (κ1) is 19.3. The number of rotatable bonds is 10. The highest BCUT2D eigenvalue weighted by Crippen LogP contribution is 1.92. The minimum atomic E-state index is -3.63. The van der Waals surface area contributed by atoms with Gasteiger partial charge in [-0.05, 0) is 6.42 Å². The molecule has 21 heavy (non-hydrogen) atoms. The Morgan fingerprint density at radius 1 is 0.810 bits per heavy atom. The summed E-state index contributed by atoms with van der Waals surface area (Å²) in [4.78, 5) is 22.3. The third-order valence-electron chi connectivity index (χ3n) is 2.05. The van der Waals surface area contributed by atoms with E-state index in [4.69, 9.17) is 0 Å². The fraction of sp³-hybridized carbons (Fsp3) is 0.455. The van der Waals surface area contributed by atoms with Crippen molar-refractivity contribution in [3.8, 4) is 0 Å². The molecule has 2 radical (unpaired) electrons. The summed E-state index contributed by atoms with van der Waals surface area (Å²) in [6.45, 7) is 6.11. The fourth-order valence-electron chi connectivity index (χ4n) is 1.03. The van der Waals surface area contributed by atoms with E-state index < -0.39 is 43.0 Å². The average molecular weight is 336 g/mol. The summed E-state index contributed by atoms with van der Waals surface area (Å²) < 4.78 is 44.1. The van der Waals surface area contributed by atoms with Gasteiger partial charge in [0.15, 0.2) is 19.7 Å². The van der Waals surface area contributed by atoms with Crippen LogP contribution in [-0.4, -0.2) is 53.2 Å². The van der Waals surface area contributed by atoms with Crippen LogP contribution in [0.15, 0.2) is 24.0 Å².